The maximum atomic E-state index is 6.02. The van der Waals surface area contributed by atoms with Gasteiger partial charge >= 0.3 is 0 Å². The zero-order chi connectivity index (χ0) is 10.6. The van der Waals surface area contributed by atoms with Crippen LogP contribution in [0.25, 0.3) is 0 Å². The van der Waals surface area contributed by atoms with Crippen LogP contribution in [0.1, 0.15) is 24.8 Å². The fourth-order valence-corrected chi connectivity index (χ4v) is 2.03. The molecule has 1 unspecified atom stereocenters. The Labute approximate surface area is 95.0 Å². The van der Waals surface area contributed by atoms with E-state index in [0.29, 0.717) is 22.6 Å². The molecule has 0 aromatic heterocycles. The van der Waals surface area contributed by atoms with Crippen LogP contribution in [-0.4, -0.2) is 13.0 Å². The molecule has 0 bridgehead atoms. The van der Waals surface area contributed by atoms with E-state index in [1.807, 2.05) is 18.2 Å². The SMILES string of the molecule is CCC(CCl)c1ccc(OC)c(Cl)c1. The molecule has 0 saturated carbocycles. The van der Waals surface area contributed by atoms with Gasteiger partial charge in [-0.25, -0.2) is 0 Å². The number of rotatable bonds is 4. The fourth-order valence-electron chi connectivity index (χ4n) is 1.37. The molecule has 0 aliphatic carbocycles. The Morgan fingerprint density at radius 3 is 2.57 bits per heavy atom. The molecule has 0 fully saturated rings. The Kier molecular flexibility index (Phi) is 4.56. The summed E-state index contributed by atoms with van der Waals surface area (Å²) >= 11 is 11.9. The second kappa shape index (κ2) is 5.47. The molecule has 3 heteroatoms. The molecule has 0 radical (unpaired) electrons. The third-order valence-corrected chi connectivity index (χ3v) is 2.99. The van der Waals surface area contributed by atoms with Gasteiger partial charge in [0.2, 0.25) is 0 Å². The maximum absolute atomic E-state index is 6.02. The lowest BCUT2D eigenvalue weighted by Gasteiger charge is -2.13. The van der Waals surface area contributed by atoms with E-state index in [9.17, 15) is 0 Å². The van der Waals surface area contributed by atoms with Crippen LogP contribution < -0.4 is 4.74 Å². The predicted molar refractivity (Wildman–Crippen MR) is 61.8 cm³/mol. The molecule has 0 N–H and O–H groups in total. The average Bonchev–Trinajstić information content (AvgIpc) is 2.20. The van der Waals surface area contributed by atoms with Crippen molar-refractivity contribution in [3.63, 3.8) is 0 Å². The molecule has 1 nitrogen and oxygen atoms in total. The number of alkyl halides is 1. The first-order valence-electron chi connectivity index (χ1n) is 4.62. The molecule has 0 saturated heterocycles. The van der Waals surface area contributed by atoms with Gasteiger partial charge in [-0.2, -0.15) is 0 Å². The minimum Gasteiger partial charge on any atom is -0.495 e. The van der Waals surface area contributed by atoms with Crippen LogP contribution in [0.15, 0.2) is 18.2 Å². The third-order valence-electron chi connectivity index (χ3n) is 2.33. The highest BCUT2D eigenvalue weighted by Crippen LogP contribution is 2.29. The van der Waals surface area contributed by atoms with Gasteiger partial charge in [-0.05, 0) is 30.0 Å². The van der Waals surface area contributed by atoms with Crippen molar-refractivity contribution in [1.29, 1.82) is 0 Å². The first kappa shape index (κ1) is 11.7. The quantitative estimate of drug-likeness (QED) is 0.712. The summed E-state index contributed by atoms with van der Waals surface area (Å²) < 4.78 is 5.08. The van der Waals surface area contributed by atoms with Crippen molar-refractivity contribution in [2.75, 3.05) is 13.0 Å². The number of halogens is 2. The molecule has 0 amide bonds. The summed E-state index contributed by atoms with van der Waals surface area (Å²) in [6.45, 7) is 2.12. The molecule has 0 aliphatic heterocycles. The first-order valence-corrected chi connectivity index (χ1v) is 5.53. The predicted octanol–water partition coefficient (Wildman–Crippen LogP) is 4.08. The van der Waals surface area contributed by atoms with Gasteiger partial charge in [-0.15, -0.1) is 11.6 Å². The average molecular weight is 233 g/mol. The topological polar surface area (TPSA) is 9.23 Å². The van der Waals surface area contributed by atoms with Crippen molar-refractivity contribution >= 4 is 23.2 Å². The lowest BCUT2D eigenvalue weighted by Crippen LogP contribution is -1.98. The van der Waals surface area contributed by atoms with Gasteiger partial charge in [-0.1, -0.05) is 24.6 Å². The standard InChI is InChI=1S/C11H14Cl2O/c1-3-8(7-12)9-4-5-11(14-2)10(13)6-9/h4-6,8H,3,7H2,1-2H3. The minimum absolute atomic E-state index is 0.375. The van der Waals surface area contributed by atoms with Crippen molar-refractivity contribution < 1.29 is 4.74 Å². The van der Waals surface area contributed by atoms with Crippen molar-refractivity contribution in [2.24, 2.45) is 0 Å². The first-order chi connectivity index (χ1) is 6.72. The Bertz CT molecular complexity index is 295. The Morgan fingerprint density at radius 1 is 1.43 bits per heavy atom. The van der Waals surface area contributed by atoms with Crippen molar-refractivity contribution in [2.45, 2.75) is 19.3 Å². The van der Waals surface area contributed by atoms with Gasteiger partial charge in [0.05, 0.1) is 12.1 Å². The molecular weight excluding hydrogens is 219 g/mol. The number of methoxy groups -OCH3 is 1. The summed E-state index contributed by atoms with van der Waals surface area (Å²) in [4.78, 5) is 0. The monoisotopic (exact) mass is 232 g/mol. The van der Waals surface area contributed by atoms with Crippen molar-refractivity contribution in [1.82, 2.24) is 0 Å². The normalized spacial score (nSPS) is 12.6. The van der Waals surface area contributed by atoms with E-state index in [1.165, 1.54) is 5.56 Å². The summed E-state index contributed by atoms with van der Waals surface area (Å²) in [7, 11) is 1.61. The van der Waals surface area contributed by atoms with Crippen LogP contribution in [0.2, 0.25) is 5.02 Å². The molecular formula is C11H14Cl2O. The van der Waals surface area contributed by atoms with E-state index in [-0.39, 0.29) is 0 Å². The summed E-state index contributed by atoms with van der Waals surface area (Å²) in [6, 6.07) is 5.82. The third kappa shape index (κ3) is 2.55. The summed E-state index contributed by atoms with van der Waals surface area (Å²) in [5, 5.41) is 0.647. The highest BCUT2D eigenvalue weighted by molar-refractivity contribution is 6.32. The van der Waals surface area contributed by atoms with Crippen LogP contribution >= 0.6 is 23.2 Å². The number of hydrogen-bond donors (Lipinski definition) is 0. The Morgan fingerprint density at radius 2 is 2.14 bits per heavy atom. The van der Waals surface area contributed by atoms with Crippen LogP contribution in [0.3, 0.4) is 0 Å². The number of benzene rings is 1. The van der Waals surface area contributed by atoms with Crippen LogP contribution in [-0.2, 0) is 0 Å². The minimum atomic E-state index is 0.375. The molecule has 0 spiro atoms. The van der Waals surface area contributed by atoms with Crippen molar-refractivity contribution in [3.05, 3.63) is 28.8 Å². The smallest absolute Gasteiger partial charge is 0.137 e. The van der Waals surface area contributed by atoms with Crippen LogP contribution in [0.5, 0.6) is 5.75 Å². The highest BCUT2D eigenvalue weighted by atomic mass is 35.5. The van der Waals surface area contributed by atoms with Crippen LogP contribution in [0, 0.1) is 0 Å². The number of hydrogen-bond acceptors (Lipinski definition) is 1. The fraction of sp³-hybridized carbons (Fsp3) is 0.455. The zero-order valence-electron chi connectivity index (χ0n) is 8.39. The highest BCUT2D eigenvalue weighted by Gasteiger charge is 2.10. The van der Waals surface area contributed by atoms with Crippen LogP contribution in [0.4, 0.5) is 0 Å². The maximum Gasteiger partial charge on any atom is 0.137 e. The van der Waals surface area contributed by atoms with Gasteiger partial charge in [0, 0.05) is 5.88 Å². The van der Waals surface area contributed by atoms with Gasteiger partial charge in [0.15, 0.2) is 0 Å². The molecule has 1 aromatic rings. The van der Waals surface area contributed by atoms with E-state index >= 15 is 0 Å². The Balaban J connectivity index is 2.95. The van der Waals surface area contributed by atoms with E-state index in [2.05, 4.69) is 6.92 Å². The van der Waals surface area contributed by atoms with Crippen molar-refractivity contribution in [3.8, 4) is 5.75 Å². The Hall–Kier alpha value is -0.400. The van der Waals surface area contributed by atoms with Gasteiger partial charge in [0.25, 0.3) is 0 Å². The molecule has 0 heterocycles. The van der Waals surface area contributed by atoms with E-state index in [0.717, 1.165) is 6.42 Å². The molecule has 1 aromatic carbocycles. The molecule has 14 heavy (non-hydrogen) atoms. The van der Waals surface area contributed by atoms with Gasteiger partial charge < -0.3 is 4.74 Å². The van der Waals surface area contributed by atoms with E-state index in [4.69, 9.17) is 27.9 Å². The van der Waals surface area contributed by atoms with E-state index < -0.39 is 0 Å². The molecule has 1 atom stereocenters. The summed E-state index contributed by atoms with van der Waals surface area (Å²) in [5.74, 6) is 1.71. The summed E-state index contributed by atoms with van der Waals surface area (Å²) in [6.07, 6.45) is 1.02. The lowest BCUT2D eigenvalue weighted by atomic mass is 9.98. The molecule has 1 rings (SSSR count). The second-order valence-electron chi connectivity index (χ2n) is 3.15. The zero-order valence-corrected chi connectivity index (χ0v) is 9.90. The molecule has 78 valence electrons. The van der Waals surface area contributed by atoms with E-state index in [1.54, 1.807) is 7.11 Å². The summed E-state index contributed by atoms with van der Waals surface area (Å²) in [5.41, 5.74) is 1.17. The second-order valence-corrected chi connectivity index (χ2v) is 3.87. The largest absolute Gasteiger partial charge is 0.495 e. The molecule has 0 aliphatic rings. The lowest BCUT2D eigenvalue weighted by molar-refractivity contribution is 0.415. The van der Waals surface area contributed by atoms with Gasteiger partial charge in [0.1, 0.15) is 5.75 Å². The van der Waals surface area contributed by atoms with Gasteiger partial charge in [-0.3, -0.25) is 0 Å². The number of ether oxygens (including phenoxy) is 1.